The van der Waals surface area contributed by atoms with Gasteiger partial charge in [0, 0.05) is 27.9 Å². The number of aryl methyl sites for hydroxylation is 1. The summed E-state index contributed by atoms with van der Waals surface area (Å²) in [6.45, 7) is 6.41. The Hall–Kier alpha value is -5.14. The van der Waals surface area contributed by atoms with Crippen LogP contribution in [-0.4, -0.2) is 44.5 Å². The van der Waals surface area contributed by atoms with Crippen LogP contribution in [0.5, 0.6) is 5.75 Å². The van der Waals surface area contributed by atoms with Gasteiger partial charge in [-0.3, -0.25) is 0 Å². The second-order valence-corrected chi connectivity index (χ2v) is 10.8. The summed E-state index contributed by atoms with van der Waals surface area (Å²) in [6.07, 6.45) is 0.955. The summed E-state index contributed by atoms with van der Waals surface area (Å²) >= 11 is 0. The minimum atomic E-state index is -0.811. The third-order valence-corrected chi connectivity index (χ3v) is 7.73. The number of aromatic nitrogens is 3. The van der Waals surface area contributed by atoms with Gasteiger partial charge in [0.05, 0.1) is 41.9 Å². The number of hydrogen-bond acceptors (Lipinski definition) is 5. The molecule has 6 aromatic rings. The predicted molar refractivity (Wildman–Crippen MR) is 173 cm³/mol. The number of aliphatic hydroxyl groups excluding tert-OH is 1. The lowest BCUT2D eigenvalue weighted by Gasteiger charge is -2.16. The summed E-state index contributed by atoms with van der Waals surface area (Å²) in [4.78, 5) is 17.8. The SMILES string of the molecule is CCOC(=O)c1c(C)n(-c2ccc(C)cc2)c2ccc(OC[C@@H](O)Cn3cnc(-c4ccccc4)c3-c3ccccc3)cc12. The first-order valence-electron chi connectivity index (χ1n) is 14.8. The van der Waals surface area contributed by atoms with Gasteiger partial charge in [0.15, 0.2) is 0 Å². The van der Waals surface area contributed by atoms with Gasteiger partial charge >= 0.3 is 5.97 Å². The Kier molecular flexibility index (Phi) is 8.30. The second-order valence-electron chi connectivity index (χ2n) is 10.8. The molecule has 4 aromatic carbocycles. The fourth-order valence-electron chi connectivity index (χ4n) is 5.67. The van der Waals surface area contributed by atoms with Crippen LogP contribution in [0.15, 0.2) is 109 Å². The van der Waals surface area contributed by atoms with E-state index in [9.17, 15) is 9.90 Å². The van der Waals surface area contributed by atoms with E-state index in [1.807, 2.05) is 109 Å². The number of hydrogen-bond donors (Lipinski definition) is 1. The Morgan fingerprint density at radius 2 is 1.57 bits per heavy atom. The molecule has 0 saturated heterocycles. The maximum atomic E-state index is 13.1. The number of imidazole rings is 1. The second kappa shape index (κ2) is 12.6. The average Bonchev–Trinajstić information content (AvgIpc) is 3.59. The highest BCUT2D eigenvalue weighted by Gasteiger charge is 2.23. The molecule has 0 spiro atoms. The molecular weight excluding hydrogens is 550 g/mol. The summed E-state index contributed by atoms with van der Waals surface area (Å²) < 4.78 is 15.6. The molecule has 2 aromatic heterocycles. The van der Waals surface area contributed by atoms with E-state index < -0.39 is 6.10 Å². The summed E-state index contributed by atoms with van der Waals surface area (Å²) in [6, 6.07) is 34.0. The monoisotopic (exact) mass is 585 g/mol. The van der Waals surface area contributed by atoms with Crippen molar-refractivity contribution in [1.82, 2.24) is 14.1 Å². The first kappa shape index (κ1) is 29.0. The van der Waals surface area contributed by atoms with Gasteiger partial charge in [0.2, 0.25) is 0 Å². The molecule has 0 aliphatic heterocycles. The van der Waals surface area contributed by atoms with Gasteiger partial charge in [0.25, 0.3) is 0 Å². The summed E-state index contributed by atoms with van der Waals surface area (Å²) in [5, 5.41) is 11.8. The van der Waals surface area contributed by atoms with E-state index in [1.165, 1.54) is 0 Å². The minimum Gasteiger partial charge on any atom is -0.491 e. The Balaban J connectivity index is 1.27. The summed E-state index contributed by atoms with van der Waals surface area (Å²) in [7, 11) is 0. The summed E-state index contributed by atoms with van der Waals surface area (Å²) in [5.41, 5.74) is 8.11. The van der Waals surface area contributed by atoms with Crippen molar-refractivity contribution in [1.29, 1.82) is 0 Å². The molecule has 0 amide bonds. The lowest BCUT2D eigenvalue weighted by atomic mass is 10.0. The molecule has 0 radical (unpaired) electrons. The molecule has 0 bridgehead atoms. The molecule has 0 aliphatic carbocycles. The number of fused-ring (bicyclic) bond motifs is 1. The number of carbonyl (C=O) groups excluding carboxylic acids is 1. The third kappa shape index (κ3) is 5.74. The molecule has 7 heteroatoms. The van der Waals surface area contributed by atoms with E-state index in [-0.39, 0.29) is 19.2 Å². The number of ether oxygens (including phenoxy) is 2. The largest absolute Gasteiger partial charge is 0.491 e. The molecule has 0 aliphatic rings. The van der Waals surface area contributed by atoms with Crippen LogP contribution in [0.1, 0.15) is 28.5 Å². The van der Waals surface area contributed by atoms with E-state index in [1.54, 1.807) is 13.3 Å². The number of aliphatic hydroxyl groups is 1. The van der Waals surface area contributed by atoms with Crippen molar-refractivity contribution in [3.63, 3.8) is 0 Å². The van der Waals surface area contributed by atoms with Gasteiger partial charge in [-0.2, -0.15) is 0 Å². The van der Waals surface area contributed by atoms with Crippen LogP contribution in [0.2, 0.25) is 0 Å². The lowest BCUT2D eigenvalue weighted by molar-refractivity contribution is 0.0527. The zero-order chi connectivity index (χ0) is 30.6. The van der Waals surface area contributed by atoms with Crippen molar-refractivity contribution in [2.45, 2.75) is 33.4 Å². The minimum absolute atomic E-state index is 0.0605. The van der Waals surface area contributed by atoms with Crippen molar-refractivity contribution < 1.29 is 19.4 Å². The summed E-state index contributed by atoms with van der Waals surface area (Å²) in [5.74, 6) is 0.183. The molecule has 44 heavy (non-hydrogen) atoms. The van der Waals surface area contributed by atoms with Crippen molar-refractivity contribution >= 4 is 16.9 Å². The van der Waals surface area contributed by atoms with Crippen LogP contribution in [0, 0.1) is 13.8 Å². The molecule has 0 fully saturated rings. The van der Waals surface area contributed by atoms with Gasteiger partial charge in [-0.1, -0.05) is 78.4 Å². The van der Waals surface area contributed by atoms with E-state index in [0.717, 1.165) is 50.4 Å². The normalized spacial score (nSPS) is 11.9. The van der Waals surface area contributed by atoms with Gasteiger partial charge < -0.3 is 23.7 Å². The Labute approximate surface area is 257 Å². The molecule has 1 atom stereocenters. The van der Waals surface area contributed by atoms with Crippen LogP contribution in [0.3, 0.4) is 0 Å². The topological polar surface area (TPSA) is 78.5 Å². The lowest BCUT2D eigenvalue weighted by Crippen LogP contribution is -2.23. The Bertz CT molecular complexity index is 1890. The molecule has 2 heterocycles. The van der Waals surface area contributed by atoms with Crippen molar-refractivity contribution in [2.75, 3.05) is 13.2 Å². The van der Waals surface area contributed by atoms with Crippen LogP contribution < -0.4 is 4.74 Å². The smallest absolute Gasteiger partial charge is 0.340 e. The predicted octanol–water partition coefficient (Wildman–Crippen LogP) is 7.39. The average molecular weight is 586 g/mol. The zero-order valence-corrected chi connectivity index (χ0v) is 25.1. The van der Waals surface area contributed by atoms with Crippen molar-refractivity contribution in [3.05, 3.63) is 126 Å². The quantitative estimate of drug-likeness (QED) is 0.170. The van der Waals surface area contributed by atoms with E-state index in [0.29, 0.717) is 17.9 Å². The highest BCUT2D eigenvalue weighted by atomic mass is 16.5. The standard InChI is InChI=1S/C37H35N3O4/c1-4-43-37(42)34-26(3)40(29-17-15-25(2)16-18-29)33-20-19-31(21-32(33)34)44-23-30(41)22-39-24-38-35(27-11-7-5-8-12-27)36(39)28-13-9-6-10-14-28/h5-21,24,30,41H,4,22-23H2,1-3H3/t30-/m0/s1. The Morgan fingerprint density at radius 3 is 2.25 bits per heavy atom. The van der Waals surface area contributed by atoms with Gasteiger partial charge in [-0.15, -0.1) is 0 Å². The van der Waals surface area contributed by atoms with Crippen molar-refractivity contribution in [2.24, 2.45) is 0 Å². The van der Waals surface area contributed by atoms with Gasteiger partial charge in [-0.25, -0.2) is 9.78 Å². The van der Waals surface area contributed by atoms with Crippen molar-refractivity contribution in [3.8, 4) is 34.0 Å². The third-order valence-electron chi connectivity index (χ3n) is 7.73. The number of rotatable bonds is 10. The number of benzene rings is 4. The van der Waals surface area contributed by atoms with Gasteiger partial charge in [-0.05, 0) is 51.1 Å². The van der Waals surface area contributed by atoms with Crippen LogP contribution >= 0.6 is 0 Å². The van der Waals surface area contributed by atoms with Crippen LogP contribution in [0.4, 0.5) is 0 Å². The first-order valence-corrected chi connectivity index (χ1v) is 14.8. The first-order chi connectivity index (χ1) is 21.4. The van der Waals surface area contributed by atoms with E-state index in [4.69, 9.17) is 14.5 Å². The number of nitrogens with zero attached hydrogens (tertiary/aromatic N) is 3. The highest BCUT2D eigenvalue weighted by molar-refractivity contribution is 6.07. The maximum Gasteiger partial charge on any atom is 0.340 e. The molecular formula is C37H35N3O4. The molecule has 0 saturated carbocycles. The maximum absolute atomic E-state index is 13.1. The number of carbonyl (C=O) groups is 1. The number of esters is 1. The molecule has 0 unspecified atom stereocenters. The zero-order valence-electron chi connectivity index (χ0n) is 25.1. The van der Waals surface area contributed by atoms with Crippen LogP contribution in [-0.2, 0) is 11.3 Å². The van der Waals surface area contributed by atoms with E-state index in [2.05, 4.69) is 16.7 Å². The molecule has 7 nitrogen and oxygen atoms in total. The molecule has 1 N–H and O–H groups in total. The Morgan fingerprint density at radius 1 is 0.886 bits per heavy atom. The van der Waals surface area contributed by atoms with E-state index >= 15 is 0 Å². The molecule has 222 valence electrons. The van der Waals surface area contributed by atoms with Gasteiger partial charge in [0.1, 0.15) is 18.5 Å². The highest BCUT2D eigenvalue weighted by Crippen LogP contribution is 2.34. The fourth-order valence-corrected chi connectivity index (χ4v) is 5.67. The van der Waals surface area contributed by atoms with Crippen LogP contribution in [0.25, 0.3) is 39.1 Å². The molecule has 6 rings (SSSR count). The fraction of sp³-hybridized carbons (Fsp3) is 0.189.